The second kappa shape index (κ2) is 9.51. The van der Waals surface area contributed by atoms with Crippen molar-refractivity contribution in [2.24, 2.45) is 0 Å². The second-order valence-electron chi connectivity index (χ2n) is 6.49. The molecule has 0 saturated carbocycles. The molecule has 31 heavy (non-hydrogen) atoms. The third-order valence-electron chi connectivity index (χ3n) is 4.17. The van der Waals surface area contributed by atoms with E-state index in [2.05, 4.69) is 26.0 Å². The first-order chi connectivity index (χ1) is 14.5. The van der Waals surface area contributed by atoms with E-state index in [9.17, 15) is 26.4 Å². The Morgan fingerprint density at radius 3 is 2.35 bits per heavy atom. The van der Waals surface area contributed by atoms with Crippen LogP contribution in [0.3, 0.4) is 0 Å². The molecule has 1 atom stereocenters. The Labute approximate surface area is 189 Å². The van der Waals surface area contributed by atoms with Gasteiger partial charge in [0.15, 0.2) is 0 Å². The molecular weight excluding hydrogens is 517 g/mol. The van der Waals surface area contributed by atoms with Gasteiger partial charge in [0.25, 0.3) is 10.0 Å². The predicted molar refractivity (Wildman–Crippen MR) is 116 cm³/mol. The Bertz CT molecular complexity index is 1170. The molecule has 0 aliphatic carbocycles. The van der Waals surface area contributed by atoms with Crippen LogP contribution in [0.15, 0.2) is 74.7 Å². The molecule has 11 heteroatoms. The minimum absolute atomic E-state index is 0.00399. The highest BCUT2D eigenvalue weighted by atomic mass is 79.9. The maximum Gasteiger partial charge on any atom is 0.416 e. The van der Waals surface area contributed by atoms with Crippen molar-refractivity contribution in [3.05, 3.63) is 81.6 Å². The van der Waals surface area contributed by atoms with Gasteiger partial charge in [-0.05, 0) is 58.2 Å². The molecule has 1 heterocycles. The van der Waals surface area contributed by atoms with Gasteiger partial charge in [-0.15, -0.1) is 11.3 Å². The van der Waals surface area contributed by atoms with Crippen LogP contribution in [0, 0.1) is 0 Å². The zero-order valence-electron chi connectivity index (χ0n) is 15.7. The number of carbonyl (C=O) groups excluding carboxylic acids is 1. The van der Waals surface area contributed by atoms with Crippen molar-refractivity contribution in [2.75, 3.05) is 5.32 Å². The molecule has 0 saturated heterocycles. The summed E-state index contributed by atoms with van der Waals surface area (Å²) in [4.78, 5) is 12.9. The van der Waals surface area contributed by atoms with E-state index >= 15 is 0 Å². The van der Waals surface area contributed by atoms with E-state index in [1.54, 1.807) is 36.4 Å². The summed E-state index contributed by atoms with van der Waals surface area (Å²) in [6.07, 6.45) is -4.56. The van der Waals surface area contributed by atoms with Crippen molar-refractivity contribution in [2.45, 2.75) is 22.8 Å². The molecule has 0 fully saturated rings. The van der Waals surface area contributed by atoms with Crippen LogP contribution < -0.4 is 10.0 Å². The summed E-state index contributed by atoms with van der Waals surface area (Å²) in [5, 5.41) is 2.38. The Hall–Kier alpha value is -2.21. The standard InChI is InChI=1S/C20H16BrF3N2O3S2/c21-17-9-10-18(30-17)31(28,29)26-16(11-13-5-2-1-3-6-13)19(27)25-15-8-4-7-14(12-15)20(22,23)24/h1-10,12,16,26H,11H2,(H,25,27)/t16-/m1/s1. The summed E-state index contributed by atoms with van der Waals surface area (Å²) >= 11 is 4.17. The molecule has 0 unspecified atom stereocenters. The van der Waals surface area contributed by atoms with E-state index in [-0.39, 0.29) is 16.3 Å². The first-order valence-electron chi connectivity index (χ1n) is 8.84. The topological polar surface area (TPSA) is 75.3 Å². The fraction of sp³-hybridized carbons (Fsp3) is 0.150. The summed E-state index contributed by atoms with van der Waals surface area (Å²) in [7, 11) is -4.03. The lowest BCUT2D eigenvalue weighted by Crippen LogP contribution is -2.45. The van der Waals surface area contributed by atoms with Crippen molar-refractivity contribution in [1.82, 2.24) is 4.72 Å². The second-order valence-corrected chi connectivity index (χ2v) is 10.9. The highest BCUT2D eigenvalue weighted by Crippen LogP contribution is 2.31. The predicted octanol–water partition coefficient (Wildman–Crippen LogP) is 5.06. The molecule has 0 spiro atoms. The quantitative estimate of drug-likeness (QED) is 0.446. The summed E-state index contributed by atoms with van der Waals surface area (Å²) in [6.45, 7) is 0. The van der Waals surface area contributed by atoms with E-state index in [0.717, 1.165) is 29.5 Å². The average Bonchev–Trinajstić information content (AvgIpc) is 3.15. The number of anilines is 1. The van der Waals surface area contributed by atoms with Gasteiger partial charge in [-0.2, -0.15) is 17.9 Å². The number of amides is 1. The summed E-state index contributed by atoms with van der Waals surface area (Å²) in [5.41, 5.74) is -0.327. The molecule has 0 radical (unpaired) electrons. The first kappa shape index (κ1) is 23.5. The van der Waals surface area contributed by atoms with Crippen molar-refractivity contribution >= 4 is 48.9 Å². The lowest BCUT2D eigenvalue weighted by atomic mass is 10.1. The van der Waals surface area contributed by atoms with Crippen LogP contribution in [0.5, 0.6) is 0 Å². The van der Waals surface area contributed by atoms with Crippen LogP contribution in [0.2, 0.25) is 0 Å². The first-order valence-corrected chi connectivity index (χ1v) is 11.9. The molecule has 1 aromatic heterocycles. The number of thiophene rings is 1. The van der Waals surface area contributed by atoms with E-state index in [1.165, 1.54) is 12.1 Å². The van der Waals surface area contributed by atoms with Crippen LogP contribution in [0.25, 0.3) is 0 Å². The van der Waals surface area contributed by atoms with E-state index < -0.39 is 33.7 Å². The van der Waals surface area contributed by atoms with Gasteiger partial charge in [-0.1, -0.05) is 36.4 Å². The lowest BCUT2D eigenvalue weighted by molar-refractivity contribution is -0.137. The normalized spacial score (nSPS) is 13.0. The number of alkyl halides is 3. The summed E-state index contributed by atoms with van der Waals surface area (Å²) in [6, 6.07) is 14.5. The molecule has 2 N–H and O–H groups in total. The lowest BCUT2D eigenvalue weighted by Gasteiger charge is -2.19. The van der Waals surface area contributed by atoms with Gasteiger partial charge in [-0.3, -0.25) is 4.79 Å². The van der Waals surface area contributed by atoms with Crippen molar-refractivity contribution in [3.8, 4) is 0 Å². The smallest absolute Gasteiger partial charge is 0.325 e. The molecule has 0 aliphatic rings. The molecule has 0 aliphatic heterocycles. The van der Waals surface area contributed by atoms with Gasteiger partial charge in [0, 0.05) is 5.69 Å². The largest absolute Gasteiger partial charge is 0.416 e. The van der Waals surface area contributed by atoms with Gasteiger partial charge in [0.2, 0.25) is 5.91 Å². The number of hydrogen-bond acceptors (Lipinski definition) is 4. The Kier molecular flexibility index (Phi) is 7.20. The van der Waals surface area contributed by atoms with Gasteiger partial charge in [-0.25, -0.2) is 8.42 Å². The fourth-order valence-electron chi connectivity index (χ4n) is 2.73. The van der Waals surface area contributed by atoms with Crippen LogP contribution in [0.4, 0.5) is 18.9 Å². The number of rotatable bonds is 7. The van der Waals surface area contributed by atoms with E-state index in [1.807, 2.05) is 0 Å². The summed E-state index contributed by atoms with van der Waals surface area (Å²) in [5.74, 6) is -0.776. The zero-order valence-corrected chi connectivity index (χ0v) is 18.9. The number of hydrogen-bond donors (Lipinski definition) is 2. The van der Waals surface area contributed by atoms with Gasteiger partial charge >= 0.3 is 6.18 Å². The molecular formula is C20H16BrF3N2O3S2. The molecule has 5 nitrogen and oxygen atoms in total. The maximum absolute atomic E-state index is 13.0. The van der Waals surface area contributed by atoms with Crippen LogP contribution in [-0.2, 0) is 27.4 Å². The minimum atomic E-state index is -4.57. The van der Waals surface area contributed by atoms with E-state index in [4.69, 9.17) is 0 Å². The monoisotopic (exact) mass is 532 g/mol. The van der Waals surface area contributed by atoms with Gasteiger partial charge in [0.05, 0.1) is 9.35 Å². The van der Waals surface area contributed by atoms with Crippen LogP contribution in [0.1, 0.15) is 11.1 Å². The Morgan fingerprint density at radius 2 is 1.74 bits per heavy atom. The average molecular weight is 533 g/mol. The van der Waals surface area contributed by atoms with Gasteiger partial charge in [0.1, 0.15) is 10.3 Å². The van der Waals surface area contributed by atoms with Crippen molar-refractivity contribution in [1.29, 1.82) is 0 Å². The third-order valence-corrected chi connectivity index (χ3v) is 7.75. The minimum Gasteiger partial charge on any atom is -0.325 e. The van der Waals surface area contributed by atoms with Gasteiger partial charge < -0.3 is 5.32 Å². The number of sulfonamides is 1. The maximum atomic E-state index is 13.0. The Balaban J connectivity index is 1.86. The molecule has 1 amide bonds. The number of benzene rings is 2. The molecule has 3 aromatic rings. The molecule has 3 rings (SSSR count). The highest BCUT2D eigenvalue weighted by Gasteiger charge is 2.31. The van der Waals surface area contributed by atoms with E-state index in [0.29, 0.717) is 9.35 Å². The zero-order chi connectivity index (χ0) is 22.6. The fourth-order valence-corrected chi connectivity index (χ4v) is 5.95. The molecule has 164 valence electrons. The number of nitrogens with one attached hydrogen (secondary N) is 2. The number of carbonyl (C=O) groups is 1. The summed E-state index contributed by atoms with van der Waals surface area (Å²) < 4.78 is 67.3. The Morgan fingerprint density at radius 1 is 1.03 bits per heavy atom. The van der Waals surface area contributed by atoms with Crippen molar-refractivity contribution < 1.29 is 26.4 Å². The number of halogens is 4. The highest BCUT2D eigenvalue weighted by molar-refractivity contribution is 9.11. The van der Waals surface area contributed by atoms with Crippen molar-refractivity contribution in [3.63, 3.8) is 0 Å². The molecule has 0 bridgehead atoms. The van der Waals surface area contributed by atoms with Crippen LogP contribution >= 0.6 is 27.3 Å². The van der Waals surface area contributed by atoms with Crippen LogP contribution in [-0.4, -0.2) is 20.4 Å². The third kappa shape index (κ3) is 6.39. The molecule has 2 aromatic carbocycles. The SMILES string of the molecule is O=C(Nc1cccc(C(F)(F)F)c1)[C@@H](Cc1ccccc1)NS(=O)(=O)c1ccc(Br)s1.